The van der Waals surface area contributed by atoms with Crippen molar-refractivity contribution < 1.29 is 0 Å². The van der Waals surface area contributed by atoms with E-state index in [1.165, 1.54) is 0 Å². The average Bonchev–Trinajstić information content (AvgIpc) is 2.26. The molecule has 0 fully saturated rings. The van der Waals surface area contributed by atoms with Crippen LogP contribution in [0.15, 0.2) is 47.8 Å². The number of H-pyrrole nitrogens is 1. The quantitative estimate of drug-likeness (QED) is 0.751. The van der Waals surface area contributed by atoms with E-state index in [9.17, 15) is 4.79 Å². The van der Waals surface area contributed by atoms with Crippen LogP contribution in [0.2, 0.25) is 0 Å². The van der Waals surface area contributed by atoms with E-state index in [2.05, 4.69) is 16.5 Å². The van der Waals surface area contributed by atoms with Gasteiger partial charge in [-0.3, -0.25) is 4.79 Å². The second kappa shape index (κ2) is 3.92. The predicted octanol–water partition coefficient (Wildman–Crippen LogP) is 2.12. The third-order valence-electron chi connectivity index (χ3n) is 2.02. The number of aromatic nitrogens is 2. The zero-order valence-corrected chi connectivity index (χ0v) is 8.10. The van der Waals surface area contributed by atoms with E-state index in [-0.39, 0.29) is 5.56 Å². The molecule has 3 heteroatoms. The van der Waals surface area contributed by atoms with Crippen molar-refractivity contribution >= 4 is 17.0 Å². The zero-order valence-electron chi connectivity index (χ0n) is 8.10. The molecule has 2 rings (SSSR count). The summed E-state index contributed by atoms with van der Waals surface area (Å²) in [5.41, 5.74) is 0.578. The molecule has 0 spiro atoms. The molecule has 0 saturated carbocycles. The van der Waals surface area contributed by atoms with Crippen molar-refractivity contribution in [3.8, 4) is 0 Å². The van der Waals surface area contributed by atoms with Crippen LogP contribution < -0.4 is 5.56 Å². The summed E-state index contributed by atoms with van der Waals surface area (Å²) >= 11 is 0. The number of nitrogens with zero attached hydrogens (tertiary/aromatic N) is 1. The smallest absolute Gasteiger partial charge is 0.259 e. The highest BCUT2D eigenvalue weighted by atomic mass is 16.1. The summed E-state index contributed by atoms with van der Waals surface area (Å²) < 4.78 is 0. The van der Waals surface area contributed by atoms with E-state index in [1.807, 2.05) is 18.2 Å². The fourth-order valence-electron chi connectivity index (χ4n) is 1.34. The third-order valence-corrected chi connectivity index (χ3v) is 2.02. The van der Waals surface area contributed by atoms with Crippen LogP contribution in [0.25, 0.3) is 17.0 Å². The molecular formula is C12H10N2O. The maximum atomic E-state index is 11.6. The van der Waals surface area contributed by atoms with Gasteiger partial charge in [-0.05, 0) is 18.2 Å². The Balaban J connectivity index is 2.67. The van der Waals surface area contributed by atoms with Gasteiger partial charge >= 0.3 is 0 Å². The van der Waals surface area contributed by atoms with Crippen LogP contribution in [0.3, 0.4) is 0 Å². The van der Waals surface area contributed by atoms with Crippen LogP contribution in [0, 0.1) is 0 Å². The molecule has 1 N–H and O–H groups in total. The SMILES string of the molecule is C=CC=Cc1nc2ccccc2c(=O)[nH]1. The molecule has 1 aromatic heterocycles. The lowest BCUT2D eigenvalue weighted by molar-refractivity contribution is 1.14. The maximum Gasteiger partial charge on any atom is 0.259 e. The number of para-hydroxylation sites is 1. The first-order chi connectivity index (χ1) is 7.31. The fourth-order valence-corrected chi connectivity index (χ4v) is 1.34. The summed E-state index contributed by atoms with van der Waals surface area (Å²) in [5.74, 6) is 0.540. The molecule has 0 atom stereocenters. The Kier molecular flexibility index (Phi) is 2.46. The van der Waals surface area contributed by atoms with E-state index in [0.717, 1.165) is 0 Å². The van der Waals surface area contributed by atoms with Gasteiger partial charge in [-0.1, -0.05) is 30.9 Å². The molecule has 2 aromatic rings. The highest BCUT2D eigenvalue weighted by molar-refractivity contribution is 5.77. The van der Waals surface area contributed by atoms with E-state index in [4.69, 9.17) is 0 Å². The van der Waals surface area contributed by atoms with Gasteiger partial charge in [0.2, 0.25) is 0 Å². The Hall–Kier alpha value is -2.16. The largest absolute Gasteiger partial charge is 0.306 e. The van der Waals surface area contributed by atoms with Gasteiger partial charge < -0.3 is 4.98 Å². The van der Waals surface area contributed by atoms with Crippen LogP contribution in [0.4, 0.5) is 0 Å². The molecule has 0 aliphatic heterocycles. The van der Waals surface area contributed by atoms with Gasteiger partial charge in [-0.25, -0.2) is 4.98 Å². The molecule has 0 unspecified atom stereocenters. The number of hydrogen-bond acceptors (Lipinski definition) is 2. The second-order valence-electron chi connectivity index (χ2n) is 3.06. The van der Waals surface area contributed by atoms with Gasteiger partial charge in [0.05, 0.1) is 10.9 Å². The van der Waals surface area contributed by atoms with Gasteiger partial charge in [-0.15, -0.1) is 0 Å². The first kappa shape index (κ1) is 9.40. The number of allylic oxidation sites excluding steroid dienone is 2. The minimum absolute atomic E-state index is 0.121. The third kappa shape index (κ3) is 1.86. The van der Waals surface area contributed by atoms with Crippen molar-refractivity contribution in [1.82, 2.24) is 9.97 Å². The number of benzene rings is 1. The monoisotopic (exact) mass is 198 g/mol. The minimum atomic E-state index is -0.121. The van der Waals surface area contributed by atoms with E-state index in [1.54, 1.807) is 24.3 Å². The van der Waals surface area contributed by atoms with Gasteiger partial charge in [0, 0.05) is 0 Å². The molecule has 15 heavy (non-hydrogen) atoms. The lowest BCUT2D eigenvalue weighted by Crippen LogP contribution is -2.09. The lowest BCUT2D eigenvalue weighted by Gasteiger charge is -1.97. The Morgan fingerprint density at radius 3 is 2.93 bits per heavy atom. The Morgan fingerprint density at radius 1 is 1.33 bits per heavy atom. The second-order valence-corrected chi connectivity index (χ2v) is 3.06. The number of rotatable bonds is 2. The van der Waals surface area contributed by atoms with Crippen LogP contribution in [0.1, 0.15) is 5.82 Å². The van der Waals surface area contributed by atoms with Gasteiger partial charge in [0.25, 0.3) is 5.56 Å². The normalized spacial score (nSPS) is 10.9. The first-order valence-corrected chi connectivity index (χ1v) is 4.59. The molecule has 0 saturated heterocycles. The Bertz CT molecular complexity index is 581. The first-order valence-electron chi connectivity index (χ1n) is 4.59. The fraction of sp³-hybridized carbons (Fsp3) is 0. The number of nitrogens with one attached hydrogen (secondary N) is 1. The summed E-state index contributed by atoms with van der Waals surface area (Å²) in [6, 6.07) is 7.24. The van der Waals surface area contributed by atoms with Gasteiger partial charge in [-0.2, -0.15) is 0 Å². The van der Waals surface area contributed by atoms with Crippen molar-refractivity contribution in [2.24, 2.45) is 0 Å². The van der Waals surface area contributed by atoms with E-state index < -0.39 is 0 Å². The molecule has 0 aliphatic rings. The topological polar surface area (TPSA) is 45.8 Å². The standard InChI is InChI=1S/C12H10N2O/c1-2-3-8-11-13-10-7-5-4-6-9(10)12(15)14-11/h2-8H,1H2,(H,13,14,15). The van der Waals surface area contributed by atoms with Crippen molar-refractivity contribution in [3.63, 3.8) is 0 Å². The highest BCUT2D eigenvalue weighted by Gasteiger charge is 1.99. The van der Waals surface area contributed by atoms with Crippen LogP contribution in [-0.2, 0) is 0 Å². The molecular weight excluding hydrogens is 188 g/mol. The average molecular weight is 198 g/mol. The van der Waals surface area contributed by atoms with Crippen molar-refractivity contribution in [1.29, 1.82) is 0 Å². The summed E-state index contributed by atoms with van der Waals surface area (Å²) in [7, 11) is 0. The van der Waals surface area contributed by atoms with Gasteiger partial charge in [0.1, 0.15) is 5.82 Å². The summed E-state index contributed by atoms with van der Waals surface area (Å²) in [5, 5.41) is 0.605. The zero-order chi connectivity index (χ0) is 10.7. The van der Waals surface area contributed by atoms with E-state index >= 15 is 0 Å². The summed E-state index contributed by atoms with van der Waals surface area (Å²) in [6.07, 6.45) is 5.07. The molecule has 1 heterocycles. The number of hydrogen-bond donors (Lipinski definition) is 1. The minimum Gasteiger partial charge on any atom is -0.306 e. The van der Waals surface area contributed by atoms with Crippen molar-refractivity contribution in [3.05, 3.63) is 59.2 Å². The van der Waals surface area contributed by atoms with Crippen LogP contribution in [-0.4, -0.2) is 9.97 Å². The van der Waals surface area contributed by atoms with E-state index in [0.29, 0.717) is 16.7 Å². The predicted molar refractivity (Wildman–Crippen MR) is 61.6 cm³/mol. The Morgan fingerprint density at radius 2 is 2.13 bits per heavy atom. The molecule has 1 aromatic carbocycles. The van der Waals surface area contributed by atoms with Crippen LogP contribution in [0.5, 0.6) is 0 Å². The Labute approximate surface area is 86.8 Å². The summed E-state index contributed by atoms with van der Waals surface area (Å²) in [6.45, 7) is 3.55. The molecule has 3 nitrogen and oxygen atoms in total. The van der Waals surface area contributed by atoms with Gasteiger partial charge in [0.15, 0.2) is 0 Å². The molecule has 74 valence electrons. The molecule has 0 radical (unpaired) electrons. The highest BCUT2D eigenvalue weighted by Crippen LogP contribution is 2.05. The maximum absolute atomic E-state index is 11.6. The van der Waals surface area contributed by atoms with Crippen molar-refractivity contribution in [2.45, 2.75) is 0 Å². The molecule has 0 aliphatic carbocycles. The molecule has 0 bridgehead atoms. The number of aromatic amines is 1. The lowest BCUT2D eigenvalue weighted by atomic mass is 10.2. The summed E-state index contributed by atoms with van der Waals surface area (Å²) in [4.78, 5) is 18.6. The number of fused-ring (bicyclic) bond motifs is 1. The molecule has 0 amide bonds. The van der Waals surface area contributed by atoms with Crippen molar-refractivity contribution in [2.75, 3.05) is 0 Å². The van der Waals surface area contributed by atoms with Crippen LogP contribution >= 0.6 is 0 Å².